The highest BCUT2D eigenvalue weighted by Crippen LogP contribution is 2.18. The molecule has 0 radical (unpaired) electrons. The van der Waals surface area contributed by atoms with Gasteiger partial charge in [0.1, 0.15) is 0 Å². The van der Waals surface area contributed by atoms with Gasteiger partial charge in [0.2, 0.25) is 0 Å². The van der Waals surface area contributed by atoms with Crippen LogP contribution < -0.4 is 5.32 Å². The predicted molar refractivity (Wildman–Crippen MR) is 99.7 cm³/mol. The minimum Gasteiger partial charge on any atom is -0.310 e. The van der Waals surface area contributed by atoms with Gasteiger partial charge in [-0.2, -0.15) is 10.2 Å². The molecule has 0 bridgehead atoms. The molecule has 0 aliphatic rings. The van der Waals surface area contributed by atoms with Gasteiger partial charge < -0.3 is 5.32 Å². The smallest absolute Gasteiger partial charge is 0.155 e. The first-order chi connectivity index (χ1) is 11.8. The Morgan fingerprint density at radius 3 is 2.44 bits per heavy atom. The first kappa shape index (κ1) is 17.6. The largest absolute Gasteiger partial charge is 0.310 e. The van der Waals surface area contributed by atoms with Crippen LogP contribution in [0.3, 0.4) is 0 Å². The lowest BCUT2D eigenvalue weighted by Gasteiger charge is -2.20. The molecule has 0 saturated carbocycles. The Morgan fingerprint density at radius 1 is 1.04 bits per heavy atom. The molecular formula is C19H28N6. The maximum Gasteiger partial charge on any atom is 0.155 e. The number of nitrogens with zero attached hydrogens (tertiary/aromatic N) is 5. The molecule has 3 aromatic rings. The number of fused-ring (bicyclic) bond motifs is 1. The maximum absolute atomic E-state index is 4.55. The van der Waals surface area contributed by atoms with Crippen molar-refractivity contribution in [3.05, 3.63) is 46.7 Å². The van der Waals surface area contributed by atoms with E-state index < -0.39 is 0 Å². The van der Waals surface area contributed by atoms with Crippen molar-refractivity contribution < 1.29 is 0 Å². The molecular weight excluding hydrogens is 312 g/mol. The molecule has 2 atom stereocenters. The minimum absolute atomic E-state index is 0.226. The Hall–Kier alpha value is -2.21. The van der Waals surface area contributed by atoms with Crippen LogP contribution in [0.4, 0.5) is 0 Å². The van der Waals surface area contributed by atoms with Crippen molar-refractivity contribution in [3.8, 4) is 0 Å². The van der Waals surface area contributed by atoms with E-state index in [0.717, 1.165) is 35.8 Å². The van der Waals surface area contributed by atoms with Crippen molar-refractivity contribution in [3.63, 3.8) is 0 Å². The molecule has 3 rings (SSSR count). The summed E-state index contributed by atoms with van der Waals surface area (Å²) in [5, 5.41) is 12.7. The Balaban J connectivity index is 1.65. The van der Waals surface area contributed by atoms with E-state index in [0.29, 0.717) is 5.92 Å². The van der Waals surface area contributed by atoms with Gasteiger partial charge in [-0.3, -0.25) is 4.68 Å². The Morgan fingerprint density at radius 2 is 1.76 bits per heavy atom. The summed E-state index contributed by atoms with van der Waals surface area (Å²) in [5.41, 5.74) is 6.53. The normalized spacial score (nSPS) is 14.2. The van der Waals surface area contributed by atoms with Crippen LogP contribution in [0.5, 0.6) is 0 Å². The molecule has 0 unspecified atom stereocenters. The Bertz CT molecular complexity index is 876. The van der Waals surface area contributed by atoms with Crippen LogP contribution in [-0.4, -0.2) is 30.9 Å². The monoisotopic (exact) mass is 340 g/mol. The van der Waals surface area contributed by atoms with Crippen LogP contribution in [0, 0.1) is 33.6 Å². The number of aromatic nitrogens is 5. The van der Waals surface area contributed by atoms with E-state index in [-0.39, 0.29) is 6.04 Å². The lowest BCUT2D eigenvalue weighted by molar-refractivity contribution is 0.397. The molecule has 1 N–H and O–H groups in total. The van der Waals surface area contributed by atoms with Gasteiger partial charge in [-0.15, -0.1) is 0 Å². The van der Waals surface area contributed by atoms with Crippen molar-refractivity contribution in [1.82, 2.24) is 29.7 Å². The summed E-state index contributed by atoms with van der Waals surface area (Å²) in [5.74, 6) is 0.490. The molecule has 25 heavy (non-hydrogen) atoms. The van der Waals surface area contributed by atoms with Crippen LogP contribution in [0.2, 0.25) is 0 Å². The predicted octanol–water partition coefficient (Wildman–Crippen LogP) is 3.15. The van der Waals surface area contributed by atoms with Crippen molar-refractivity contribution >= 4 is 5.65 Å². The van der Waals surface area contributed by atoms with Crippen LogP contribution in [0.1, 0.15) is 48.2 Å². The lowest BCUT2D eigenvalue weighted by Crippen LogP contribution is -2.28. The van der Waals surface area contributed by atoms with E-state index >= 15 is 0 Å². The lowest BCUT2D eigenvalue weighted by atomic mass is 10.1. The van der Waals surface area contributed by atoms with Gasteiger partial charge in [0.25, 0.3) is 0 Å². The Labute approximate surface area is 149 Å². The molecule has 0 spiro atoms. The van der Waals surface area contributed by atoms with E-state index in [9.17, 15) is 0 Å². The average Bonchev–Trinajstić information content (AvgIpc) is 3.07. The third kappa shape index (κ3) is 3.74. The van der Waals surface area contributed by atoms with Gasteiger partial charge in [0, 0.05) is 48.3 Å². The molecule has 0 aliphatic heterocycles. The molecule has 6 heteroatoms. The van der Waals surface area contributed by atoms with Crippen molar-refractivity contribution in [2.75, 3.05) is 6.54 Å². The van der Waals surface area contributed by atoms with E-state index in [1.807, 2.05) is 30.6 Å². The van der Waals surface area contributed by atoms with Crippen molar-refractivity contribution in [2.24, 2.45) is 5.92 Å². The summed E-state index contributed by atoms with van der Waals surface area (Å²) >= 11 is 0. The summed E-state index contributed by atoms with van der Waals surface area (Å²) in [4.78, 5) is 4.54. The standard InChI is InChI=1S/C19H28N6/c1-12(11-24-15(4)7-13(2)22-24)9-20-16(5)18-10-21-19-8-14(3)23-25(19)17(18)6/h7-8,10,12,16,20H,9,11H2,1-6H3/t12-,16-/m1/s1. The fourth-order valence-corrected chi connectivity index (χ4v) is 3.31. The van der Waals surface area contributed by atoms with Gasteiger partial charge >= 0.3 is 0 Å². The maximum atomic E-state index is 4.55. The number of hydrogen-bond donors (Lipinski definition) is 1. The van der Waals surface area contributed by atoms with Crippen LogP contribution in [0.15, 0.2) is 18.3 Å². The van der Waals surface area contributed by atoms with Gasteiger partial charge in [0.15, 0.2) is 5.65 Å². The summed E-state index contributed by atoms with van der Waals surface area (Å²) in [6.07, 6.45) is 1.97. The van der Waals surface area contributed by atoms with Gasteiger partial charge in [-0.25, -0.2) is 9.50 Å². The zero-order valence-electron chi connectivity index (χ0n) is 16.0. The van der Waals surface area contributed by atoms with Gasteiger partial charge in [-0.05, 0) is 46.6 Å². The summed E-state index contributed by atoms with van der Waals surface area (Å²) in [6.45, 7) is 14.5. The number of aryl methyl sites for hydroxylation is 4. The SMILES string of the molecule is Cc1cc(C)n(C[C@H](C)CN[C@H](C)c2cnc3cc(C)nn3c2C)n1. The third-order valence-corrected chi connectivity index (χ3v) is 4.71. The zero-order chi connectivity index (χ0) is 18.1. The molecule has 0 saturated heterocycles. The molecule has 0 fully saturated rings. The number of nitrogens with one attached hydrogen (secondary N) is 1. The number of rotatable bonds is 6. The molecule has 3 heterocycles. The van der Waals surface area contributed by atoms with Gasteiger partial charge in [0.05, 0.1) is 11.4 Å². The minimum atomic E-state index is 0.226. The quantitative estimate of drug-likeness (QED) is 0.749. The Kier molecular flexibility index (Phi) is 4.90. The fraction of sp³-hybridized carbons (Fsp3) is 0.526. The molecule has 0 amide bonds. The molecule has 0 aromatic carbocycles. The topological polar surface area (TPSA) is 60.0 Å². The average molecular weight is 340 g/mol. The third-order valence-electron chi connectivity index (χ3n) is 4.71. The highest BCUT2D eigenvalue weighted by Gasteiger charge is 2.14. The summed E-state index contributed by atoms with van der Waals surface area (Å²) in [7, 11) is 0. The van der Waals surface area contributed by atoms with Crippen LogP contribution >= 0.6 is 0 Å². The van der Waals surface area contributed by atoms with E-state index in [2.05, 4.69) is 58.9 Å². The van der Waals surface area contributed by atoms with E-state index in [1.165, 1.54) is 11.3 Å². The molecule has 0 aliphatic carbocycles. The second-order valence-electron chi connectivity index (χ2n) is 7.20. The zero-order valence-corrected chi connectivity index (χ0v) is 16.0. The second kappa shape index (κ2) is 6.96. The summed E-state index contributed by atoms with van der Waals surface area (Å²) < 4.78 is 4.03. The number of hydrogen-bond acceptors (Lipinski definition) is 4. The molecule has 3 aromatic heterocycles. The highest BCUT2D eigenvalue weighted by molar-refractivity contribution is 5.42. The van der Waals surface area contributed by atoms with Crippen molar-refractivity contribution in [2.45, 2.75) is 54.1 Å². The van der Waals surface area contributed by atoms with Crippen LogP contribution in [-0.2, 0) is 6.54 Å². The first-order valence-corrected chi connectivity index (χ1v) is 8.91. The highest BCUT2D eigenvalue weighted by atomic mass is 15.3. The van der Waals surface area contributed by atoms with Gasteiger partial charge in [-0.1, -0.05) is 6.92 Å². The second-order valence-corrected chi connectivity index (χ2v) is 7.20. The van der Waals surface area contributed by atoms with Crippen LogP contribution in [0.25, 0.3) is 5.65 Å². The summed E-state index contributed by atoms with van der Waals surface area (Å²) in [6, 6.07) is 4.36. The van der Waals surface area contributed by atoms with Crippen molar-refractivity contribution in [1.29, 1.82) is 0 Å². The van der Waals surface area contributed by atoms with E-state index in [1.54, 1.807) is 0 Å². The first-order valence-electron chi connectivity index (χ1n) is 8.91. The fourth-order valence-electron chi connectivity index (χ4n) is 3.31. The molecule has 6 nitrogen and oxygen atoms in total. The van der Waals surface area contributed by atoms with E-state index in [4.69, 9.17) is 0 Å². The molecule has 134 valence electrons.